The number of fused-ring (bicyclic) bond motifs is 2. The van der Waals surface area contributed by atoms with E-state index >= 15 is 0 Å². The summed E-state index contributed by atoms with van der Waals surface area (Å²) in [5.41, 5.74) is 1.06. The monoisotopic (exact) mass is 489 g/mol. The predicted octanol–water partition coefficient (Wildman–Crippen LogP) is 5.24. The van der Waals surface area contributed by atoms with Gasteiger partial charge in [0.15, 0.2) is 5.75 Å². The van der Waals surface area contributed by atoms with Crippen molar-refractivity contribution in [2.45, 2.75) is 31.2 Å². The number of hydrogen-bond acceptors (Lipinski definition) is 4. The third kappa shape index (κ3) is 4.47. The molecule has 1 heterocycles. The van der Waals surface area contributed by atoms with Crippen molar-refractivity contribution in [1.29, 1.82) is 0 Å². The van der Waals surface area contributed by atoms with Crippen LogP contribution in [-0.2, 0) is 21.5 Å². The number of urea groups is 1. The molecule has 1 saturated heterocycles. The molecular weight excluding hydrogens is 466 g/mol. The van der Waals surface area contributed by atoms with Gasteiger partial charge in [0, 0.05) is 5.02 Å². The molecular formula is C27H24ClN3O4. The summed E-state index contributed by atoms with van der Waals surface area (Å²) < 4.78 is 5.89. The minimum absolute atomic E-state index is 0.341. The summed E-state index contributed by atoms with van der Waals surface area (Å²) in [5, 5.41) is 6.05. The molecule has 8 heteroatoms. The number of hydrogen-bond donors (Lipinski definition) is 2. The van der Waals surface area contributed by atoms with Crippen LogP contribution in [0.2, 0.25) is 5.02 Å². The molecule has 3 aromatic rings. The van der Waals surface area contributed by atoms with Crippen LogP contribution >= 0.6 is 11.6 Å². The summed E-state index contributed by atoms with van der Waals surface area (Å²) in [4.78, 5) is 40.4. The van der Waals surface area contributed by atoms with Crippen LogP contribution in [0, 0.1) is 0 Å². The second-order valence-electron chi connectivity index (χ2n) is 8.69. The average Bonchev–Trinajstić information content (AvgIpc) is 2.98. The zero-order chi connectivity index (χ0) is 24.4. The van der Waals surface area contributed by atoms with Crippen LogP contribution in [0.4, 0.5) is 10.5 Å². The summed E-state index contributed by atoms with van der Waals surface area (Å²) in [7, 11) is 0. The second-order valence-corrected chi connectivity index (χ2v) is 9.13. The first-order valence-corrected chi connectivity index (χ1v) is 11.9. The van der Waals surface area contributed by atoms with Crippen LogP contribution < -0.4 is 15.4 Å². The van der Waals surface area contributed by atoms with Crippen LogP contribution in [-0.4, -0.2) is 29.3 Å². The first-order chi connectivity index (χ1) is 17.0. The third-order valence-electron chi connectivity index (χ3n) is 6.39. The second kappa shape index (κ2) is 9.43. The Morgan fingerprint density at radius 1 is 1.03 bits per heavy atom. The third-order valence-corrected chi connectivity index (χ3v) is 6.62. The SMILES string of the molecule is O=C(CN1C(=O)N[C@]2(CCCCc3ccccc32)C1=O)Nc1cc(Cl)ccc1Oc1ccccc1. The molecule has 1 spiro atoms. The molecule has 1 atom stereocenters. The number of amides is 4. The van der Waals surface area contributed by atoms with E-state index in [2.05, 4.69) is 10.6 Å². The fraction of sp³-hybridized carbons (Fsp3) is 0.222. The average molecular weight is 490 g/mol. The molecule has 4 amide bonds. The summed E-state index contributed by atoms with van der Waals surface area (Å²) >= 11 is 6.15. The molecule has 3 aromatic carbocycles. The molecule has 0 saturated carbocycles. The minimum atomic E-state index is -1.14. The van der Waals surface area contributed by atoms with E-state index in [0.717, 1.165) is 35.3 Å². The van der Waals surface area contributed by atoms with E-state index in [9.17, 15) is 14.4 Å². The Labute approximate surface area is 208 Å². The van der Waals surface area contributed by atoms with Gasteiger partial charge in [-0.15, -0.1) is 0 Å². The standard InChI is InChI=1S/C27H24ClN3O4/c28-19-13-14-23(35-20-10-2-1-3-11-20)22(16-19)29-24(32)17-31-25(33)27(30-26(31)34)15-7-6-9-18-8-4-5-12-21(18)27/h1-5,8,10-14,16H,6-7,9,15,17H2,(H,29,32)(H,30,34)/t27-/m0/s1. The van der Waals surface area contributed by atoms with Gasteiger partial charge in [-0.1, -0.05) is 54.1 Å². The number of imide groups is 1. The lowest BCUT2D eigenvalue weighted by Gasteiger charge is -2.27. The normalized spacial score (nSPS) is 19.2. The lowest BCUT2D eigenvalue weighted by Crippen LogP contribution is -2.44. The van der Waals surface area contributed by atoms with Crippen molar-refractivity contribution in [3.05, 3.63) is 88.9 Å². The Morgan fingerprint density at radius 2 is 1.80 bits per heavy atom. The number of aryl methyl sites for hydroxylation is 1. The number of ether oxygens (including phenoxy) is 1. The number of carbonyl (C=O) groups is 3. The lowest BCUT2D eigenvalue weighted by atomic mass is 9.84. The first kappa shape index (κ1) is 22.9. The molecule has 7 nitrogen and oxygen atoms in total. The molecule has 2 N–H and O–H groups in total. The predicted molar refractivity (Wildman–Crippen MR) is 133 cm³/mol. The molecule has 0 radical (unpaired) electrons. The number of nitrogens with one attached hydrogen (secondary N) is 2. The van der Waals surface area contributed by atoms with E-state index < -0.39 is 29.9 Å². The Balaban J connectivity index is 1.36. The quantitative estimate of drug-likeness (QED) is 0.479. The van der Waals surface area contributed by atoms with Gasteiger partial charge in [-0.3, -0.25) is 14.5 Å². The molecule has 0 bridgehead atoms. The fourth-order valence-electron chi connectivity index (χ4n) is 4.75. The van der Waals surface area contributed by atoms with E-state index in [4.69, 9.17) is 16.3 Å². The molecule has 1 fully saturated rings. The number of para-hydroxylation sites is 1. The zero-order valence-electron chi connectivity index (χ0n) is 18.9. The Morgan fingerprint density at radius 3 is 2.63 bits per heavy atom. The fourth-order valence-corrected chi connectivity index (χ4v) is 4.93. The van der Waals surface area contributed by atoms with Gasteiger partial charge in [0.1, 0.15) is 17.8 Å². The molecule has 2 aliphatic rings. The Kier molecular flexibility index (Phi) is 6.17. The maximum absolute atomic E-state index is 13.6. The highest BCUT2D eigenvalue weighted by Crippen LogP contribution is 2.39. The van der Waals surface area contributed by atoms with Gasteiger partial charge in [0.25, 0.3) is 5.91 Å². The van der Waals surface area contributed by atoms with Crippen LogP contribution in [0.3, 0.4) is 0 Å². The summed E-state index contributed by atoms with van der Waals surface area (Å²) in [5.74, 6) is 0.0418. The number of rotatable bonds is 5. The van der Waals surface area contributed by atoms with Crippen molar-refractivity contribution in [3.63, 3.8) is 0 Å². The lowest BCUT2D eigenvalue weighted by molar-refractivity contribution is -0.134. The van der Waals surface area contributed by atoms with E-state index in [1.54, 1.807) is 30.3 Å². The van der Waals surface area contributed by atoms with Gasteiger partial charge in [0.05, 0.1) is 5.69 Å². The molecule has 178 valence electrons. The molecule has 5 rings (SSSR count). The maximum atomic E-state index is 13.6. The summed E-state index contributed by atoms with van der Waals surface area (Å²) in [6.45, 7) is -0.425. The van der Waals surface area contributed by atoms with Crippen LogP contribution in [0.1, 0.15) is 30.4 Å². The molecule has 0 unspecified atom stereocenters. The molecule has 1 aliphatic carbocycles. The highest BCUT2D eigenvalue weighted by molar-refractivity contribution is 6.31. The summed E-state index contributed by atoms with van der Waals surface area (Å²) in [6.07, 6.45) is 3.07. The zero-order valence-corrected chi connectivity index (χ0v) is 19.7. The van der Waals surface area contributed by atoms with Gasteiger partial charge in [-0.25, -0.2) is 4.79 Å². The molecule has 1 aliphatic heterocycles. The first-order valence-electron chi connectivity index (χ1n) is 11.5. The van der Waals surface area contributed by atoms with E-state index in [1.807, 2.05) is 42.5 Å². The summed E-state index contributed by atoms with van der Waals surface area (Å²) in [6, 6.07) is 21.1. The van der Waals surface area contributed by atoms with E-state index in [0.29, 0.717) is 28.6 Å². The maximum Gasteiger partial charge on any atom is 0.325 e. The Hall–Kier alpha value is -3.84. The van der Waals surface area contributed by atoms with Gasteiger partial charge in [0.2, 0.25) is 5.91 Å². The van der Waals surface area contributed by atoms with Crippen LogP contribution in [0.15, 0.2) is 72.8 Å². The topological polar surface area (TPSA) is 87.7 Å². The van der Waals surface area contributed by atoms with Gasteiger partial charge in [-0.05, 0) is 67.1 Å². The highest BCUT2D eigenvalue weighted by atomic mass is 35.5. The van der Waals surface area contributed by atoms with Crippen molar-refractivity contribution >= 4 is 35.1 Å². The number of anilines is 1. The van der Waals surface area contributed by atoms with Crippen molar-refractivity contribution in [2.24, 2.45) is 0 Å². The van der Waals surface area contributed by atoms with Crippen molar-refractivity contribution < 1.29 is 19.1 Å². The van der Waals surface area contributed by atoms with Crippen LogP contribution in [0.5, 0.6) is 11.5 Å². The largest absolute Gasteiger partial charge is 0.455 e. The van der Waals surface area contributed by atoms with E-state index in [-0.39, 0.29) is 0 Å². The van der Waals surface area contributed by atoms with Gasteiger partial charge in [-0.2, -0.15) is 0 Å². The number of halogens is 1. The highest BCUT2D eigenvalue weighted by Gasteiger charge is 2.53. The molecule has 35 heavy (non-hydrogen) atoms. The van der Waals surface area contributed by atoms with E-state index in [1.165, 1.54) is 0 Å². The number of carbonyl (C=O) groups excluding carboxylic acids is 3. The number of nitrogens with zero attached hydrogens (tertiary/aromatic N) is 1. The van der Waals surface area contributed by atoms with Crippen molar-refractivity contribution in [1.82, 2.24) is 10.2 Å². The smallest absolute Gasteiger partial charge is 0.325 e. The number of benzene rings is 3. The van der Waals surface area contributed by atoms with Crippen molar-refractivity contribution in [3.8, 4) is 11.5 Å². The Bertz CT molecular complexity index is 1300. The van der Waals surface area contributed by atoms with Crippen LogP contribution in [0.25, 0.3) is 0 Å². The van der Waals surface area contributed by atoms with Crippen molar-refractivity contribution in [2.75, 3.05) is 11.9 Å². The van der Waals surface area contributed by atoms with Gasteiger partial charge >= 0.3 is 6.03 Å². The van der Waals surface area contributed by atoms with Gasteiger partial charge < -0.3 is 15.4 Å². The minimum Gasteiger partial charge on any atom is -0.455 e. The molecule has 0 aromatic heterocycles.